The van der Waals surface area contributed by atoms with Crippen molar-refractivity contribution < 1.29 is 0 Å². The summed E-state index contributed by atoms with van der Waals surface area (Å²) in [5.41, 5.74) is 4.36. The van der Waals surface area contributed by atoms with E-state index in [1.165, 1.54) is 16.7 Å². The highest BCUT2D eigenvalue weighted by atomic mass is 15.2. The molecule has 1 N–H and O–H groups in total. The predicted molar refractivity (Wildman–Crippen MR) is 120 cm³/mol. The number of fused-ring (bicyclic) bond motifs is 1. The number of nitriles is 1. The molecule has 0 saturated carbocycles. The molecule has 0 unspecified atom stereocenters. The van der Waals surface area contributed by atoms with Crippen LogP contribution in [0, 0.1) is 11.3 Å². The highest BCUT2D eigenvalue weighted by molar-refractivity contribution is 5.67. The van der Waals surface area contributed by atoms with E-state index in [0.29, 0.717) is 6.54 Å². The molecule has 5 heteroatoms. The van der Waals surface area contributed by atoms with Crippen molar-refractivity contribution >= 4 is 11.6 Å². The van der Waals surface area contributed by atoms with Crippen LogP contribution in [0.25, 0.3) is 0 Å². The van der Waals surface area contributed by atoms with Gasteiger partial charge in [-0.1, -0.05) is 51.1 Å². The van der Waals surface area contributed by atoms with Crippen LogP contribution in [0.1, 0.15) is 55.9 Å². The molecule has 1 aliphatic heterocycles. The molecule has 1 aromatic carbocycles. The number of likely N-dealkylation sites (N-methyl/N-ethyl adjacent to an activating group) is 1. The Morgan fingerprint density at radius 3 is 2.45 bits per heavy atom. The van der Waals surface area contributed by atoms with E-state index in [1.807, 2.05) is 18.2 Å². The summed E-state index contributed by atoms with van der Waals surface area (Å²) in [6.45, 7) is 12.2. The number of aromatic nitrogens is 1. The molecule has 29 heavy (non-hydrogen) atoms. The van der Waals surface area contributed by atoms with Gasteiger partial charge < -0.3 is 10.2 Å². The lowest BCUT2D eigenvalue weighted by atomic mass is 9.95. The first-order valence-electron chi connectivity index (χ1n) is 10.9. The third kappa shape index (κ3) is 4.89. The molecule has 0 aliphatic carbocycles. The zero-order valence-corrected chi connectivity index (χ0v) is 18.0. The molecule has 0 saturated heterocycles. The van der Waals surface area contributed by atoms with Crippen LogP contribution in [0.15, 0.2) is 30.3 Å². The van der Waals surface area contributed by atoms with Crippen LogP contribution >= 0.6 is 0 Å². The topological polar surface area (TPSA) is 55.2 Å². The van der Waals surface area contributed by atoms with E-state index in [4.69, 9.17) is 4.98 Å². The van der Waals surface area contributed by atoms with Crippen LogP contribution in [-0.4, -0.2) is 36.1 Å². The van der Waals surface area contributed by atoms with Gasteiger partial charge in [0.25, 0.3) is 0 Å². The number of nitrogens with one attached hydrogen (secondary N) is 1. The fourth-order valence-corrected chi connectivity index (χ4v) is 4.10. The fraction of sp³-hybridized carbons (Fsp3) is 0.500. The maximum absolute atomic E-state index is 9.97. The summed E-state index contributed by atoms with van der Waals surface area (Å²) in [5.74, 6) is 1.80. The fourth-order valence-electron chi connectivity index (χ4n) is 4.10. The molecular weight excluding hydrogens is 358 g/mol. The zero-order chi connectivity index (χ0) is 20.6. The Morgan fingerprint density at radius 1 is 1.10 bits per heavy atom. The van der Waals surface area contributed by atoms with Gasteiger partial charge in [0.1, 0.15) is 17.7 Å². The standard InChI is InChI=1S/C24H33N5/c1-4-13-29(14-5-2)24-22-18-28(6-3)15-12-20(22)21(16-25)23(27-24)26-17-19-10-8-7-9-11-19/h7-11H,4-6,12-15,17-18H2,1-3H3,(H,26,27). The van der Waals surface area contributed by atoms with E-state index in [1.54, 1.807) is 0 Å². The highest BCUT2D eigenvalue weighted by Gasteiger charge is 2.27. The summed E-state index contributed by atoms with van der Waals surface area (Å²) in [6.07, 6.45) is 3.08. The SMILES string of the molecule is CCCN(CCC)c1nc(NCc2ccccc2)c(C#N)c2c1CN(CC)CC2. The molecule has 0 bridgehead atoms. The number of nitrogens with zero attached hydrogens (tertiary/aromatic N) is 4. The van der Waals surface area contributed by atoms with Crippen molar-refractivity contribution in [2.45, 2.75) is 53.1 Å². The summed E-state index contributed by atoms with van der Waals surface area (Å²) in [6, 6.07) is 12.7. The van der Waals surface area contributed by atoms with Gasteiger partial charge in [0.2, 0.25) is 0 Å². The van der Waals surface area contributed by atoms with E-state index in [0.717, 1.165) is 69.2 Å². The summed E-state index contributed by atoms with van der Waals surface area (Å²) in [7, 11) is 0. The first-order chi connectivity index (χ1) is 14.2. The van der Waals surface area contributed by atoms with Gasteiger partial charge in [0, 0.05) is 38.3 Å². The minimum atomic E-state index is 0.670. The first kappa shape index (κ1) is 21.1. The van der Waals surface area contributed by atoms with E-state index in [9.17, 15) is 5.26 Å². The van der Waals surface area contributed by atoms with Gasteiger partial charge in [0.15, 0.2) is 0 Å². The number of hydrogen-bond acceptors (Lipinski definition) is 5. The molecule has 1 aromatic heterocycles. The van der Waals surface area contributed by atoms with Gasteiger partial charge in [-0.15, -0.1) is 0 Å². The molecule has 1 aliphatic rings. The second-order valence-electron chi connectivity index (χ2n) is 7.67. The number of hydrogen-bond donors (Lipinski definition) is 1. The third-order valence-corrected chi connectivity index (χ3v) is 5.60. The van der Waals surface area contributed by atoms with E-state index in [-0.39, 0.29) is 0 Å². The molecule has 154 valence electrons. The molecular formula is C24H33N5. The van der Waals surface area contributed by atoms with Crippen LogP contribution < -0.4 is 10.2 Å². The van der Waals surface area contributed by atoms with Crippen LogP contribution in [0.4, 0.5) is 11.6 Å². The summed E-state index contributed by atoms with van der Waals surface area (Å²) in [4.78, 5) is 9.90. The Morgan fingerprint density at radius 2 is 1.83 bits per heavy atom. The van der Waals surface area contributed by atoms with E-state index < -0.39 is 0 Å². The molecule has 2 aromatic rings. The average Bonchev–Trinajstić information content (AvgIpc) is 2.77. The van der Waals surface area contributed by atoms with Gasteiger partial charge in [-0.2, -0.15) is 5.26 Å². The lowest BCUT2D eigenvalue weighted by molar-refractivity contribution is 0.267. The van der Waals surface area contributed by atoms with Crippen LogP contribution in [-0.2, 0) is 19.5 Å². The van der Waals surface area contributed by atoms with Gasteiger partial charge >= 0.3 is 0 Å². The Balaban J connectivity index is 2.03. The molecule has 5 nitrogen and oxygen atoms in total. The van der Waals surface area contributed by atoms with Crippen molar-refractivity contribution in [3.63, 3.8) is 0 Å². The Bertz CT molecular complexity index is 835. The first-order valence-corrected chi connectivity index (χ1v) is 10.9. The summed E-state index contributed by atoms with van der Waals surface area (Å²) >= 11 is 0. The van der Waals surface area contributed by atoms with Gasteiger partial charge in [-0.25, -0.2) is 4.98 Å². The van der Waals surface area contributed by atoms with Crippen molar-refractivity contribution in [3.05, 3.63) is 52.6 Å². The van der Waals surface area contributed by atoms with Crippen molar-refractivity contribution in [3.8, 4) is 6.07 Å². The second-order valence-corrected chi connectivity index (χ2v) is 7.67. The van der Waals surface area contributed by atoms with Gasteiger partial charge in [-0.05, 0) is 36.9 Å². The average molecular weight is 392 g/mol. The van der Waals surface area contributed by atoms with Crippen LogP contribution in [0.5, 0.6) is 0 Å². The van der Waals surface area contributed by atoms with E-state index >= 15 is 0 Å². The smallest absolute Gasteiger partial charge is 0.146 e. The molecule has 2 heterocycles. The number of rotatable bonds is 9. The lowest BCUT2D eigenvalue weighted by Gasteiger charge is -2.34. The minimum absolute atomic E-state index is 0.670. The van der Waals surface area contributed by atoms with Crippen LogP contribution in [0.2, 0.25) is 0 Å². The quantitative estimate of drug-likeness (QED) is 0.679. The third-order valence-electron chi connectivity index (χ3n) is 5.60. The highest BCUT2D eigenvalue weighted by Crippen LogP contribution is 2.34. The van der Waals surface area contributed by atoms with Gasteiger partial charge in [0.05, 0.1) is 5.56 Å². The molecule has 0 atom stereocenters. The maximum Gasteiger partial charge on any atom is 0.146 e. The Labute approximate surface area is 175 Å². The summed E-state index contributed by atoms with van der Waals surface area (Å²) < 4.78 is 0. The van der Waals surface area contributed by atoms with E-state index in [2.05, 4.69) is 54.1 Å². The van der Waals surface area contributed by atoms with Crippen molar-refractivity contribution in [2.75, 3.05) is 36.4 Å². The number of benzene rings is 1. The van der Waals surface area contributed by atoms with Crippen molar-refractivity contribution in [1.29, 1.82) is 5.26 Å². The normalized spacial score (nSPS) is 13.6. The molecule has 3 rings (SSSR count). The number of pyridine rings is 1. The minimum Gasteiger partial charge on any atom is -0.365 e. The molecule has 0 radical (unpaired) electrons. The molecule has 0 amide bonds. The molecule has 0 fully saturated rings. The predicted octanol–water partition coefficient (Wildman–Crippen LogP) is 4.57. The zero-order valence-electron chi connectivity index (χ0n) is 18.0. The Kier molecular flexibility index (Phi) is 7.48. The maximum atomic E-state index is 9.97. The monoisotopic (exact) mass is 391 g/mol. The van der Waals surface area contributed by atoms with Crippen LogP contribution in [0.3, 0.4) is 0 Å². The van der Waals surface area contributed by atoms with Crippen molar-refractivity contribution in [1.82, 2.24) is 9.88 Å². The second kappa shape index (κ2) is 10.3. The lowest BCUT2D eigenvalue weighted by Crippen LogP contribution is -2.35. The largest absolute Gasteiger partial charge is 0.365 e. The van der Waals surface area contributed by atoms with Gasteiger partial charge in [-0.3, -0.25) is 4.90 Å². The van der Waals surface area contributed by atoms with Crippen molar-refractivity contribution in [2.24, 2.45) is 0 Å². The number of anilines is 2. The Hall–Kier alpha value is -2.58. The molecule has 0 spiro atoms. The summed E-state index contributed by atoms with van der Waals surface area (Å²) in [5, 5.41) is 13.4.